The third-order valence-electron chi connectivity index (χ3n) is 7.95. The summed E-state index contributed by atoms with van der Waals surface area (Å²) < 4.78 is 41.0. The van der Waals surface area contributed by atoms with Crippen molar-refractivity contribution in [3.63, 3.8) is 0 Å². The van der Waals surface area contributed by atoms with Crippen LogP contribution in [-0.2, 0) is 19.0 Å². The lowest BCUT2D eigenvalue weighted by Crippen LogP contribution is -2.67. The van der Waals surface area contributed by atoms with Gasteiger partial charge in [-0.3, -0.25) is 4.79 Å². The first-order valence-electron chi connectivity index (χ1n) is 14.3. The lowest BCUT2D eigenvalue weighted by atomic mass is 9.83. The summed E-state index contributed by atoms with van der Waals surface area (Å²) in [7, 11) is 0. The molecule has 2 heterocycles. The van der Waals surface area contributed by atoms with Crippen LogP contribution in [0.4, 0.5) is 4.39 Å². The van der Waals surface area contributed by atoms with Crippen LogP contribution in [0.2, 0.25) is 5.02 Å². The van der Waals surface area contributed by atoms with Gasteiger partial charge >= 0.3 is 0 Å². The number of nitrogens with one attached hydrogen (secondary N) is 1. The Morgan fingerprint density at radius 2 is 1.76 bits per heavy atom. The topological polar surface area (TPSA) is 176 Å². The van der Waals surface area contributed by atoms with Crippen molar-refractivity contribution in [1.82, 2.24) is 5.32 Å². The molecule has 9 atom stereocenters. The molecule has 6 N–H and O–H groups in total. The molecule has 2 aliphatic heterocycles. The van der Waals surface area contributed by atoms with Crippen LogP contribution in [0.3, 0.4) is 0 Å². The van der Waals surface area contributed by atoms with Gasteiger partial charge in [0.05, 0.1) is 17.2 Å². The molecule has 1 aliphatic carbocycles. The molecule has 0 bridgehead atoms. The molecule has 45 heavy (non-hydrogen) atoms. The number of aliphatic hydroxyl groups is 4. The Labute approximate surface area is 263 Å². The number of fused-ring (bicyclic) bond motifs is 1. The summed E-state index contributed by atoms with van der Waals surface area (Å²) in [6, 6.07) is 7.06. The standard InChI is InChI=1S/C31H35ClFNO11/c1-14(7-8-41-21-6-4-17(33)11-18(21)32)28-20(36)12-23(45-28)44-22-5-3-16(10-19(22)35)9-15(2)31(40)34-24-25(37)27(39)30-29(26(24)38)42-13-43-30/h3-7,9-11,20,23-30,35-39H,8,12-13H2,1-2H3,(H,34,40)/t20-,23+,24+,25-,26+,27+,28+,29-,30+/m0/s1. The van der Waals surface area contributed by atoms with Crippen molar-refractivity contribution in [2.45, 2.75) is 75.3 Å². The van der Waals surface area contributed by atoms with E-state index < -0.39 is 66.8 Å². The average molecular weight is 652 g/mol. The first-order chi connectivity index (χ1) is 21.4. The van der Waals surface area contributed by atoms with E-state index in [1.807, 2.05) is 0 Å². The van der Waals surface area contributed by atoms with E-state index in [4.69, 9.17) is 35.3 Å². The van der Waals surface area contributed by atoms with Crippen LogP contribution in [0.25, 0.3) is 6.08 Å². The Morgan fingerprint density at radius 1 is 1.04 bits per heavy atom. The molecule has 1 saturated carbocycles. The van der Waals surface area contributed by atoms with E-state index in [2.05, 4.69) is 5.32 Å². The zero-order chi connectivity index (χ0) is 32.4. The van der Waals surface area contributed by atoms with Gasteiger partial charge in [-0.2, -0.15) is 0 Å². The number of amides is 1. The van der Waals surface area contributed by atoms with Crippen molar-refractivity contribution in [1.29, 1.82) is 0 Å². The number of hydrogen-bond donors (Lipinski definition) is 6. The zero-order valence-corrected chi connectivity index (χ0v) is 25.1. The summed E-state index contributed by atoms with van der Waals surface area (Å²) in [5.74, 6) is -0.914. The van der Waals surface area contributed by atoms with E-state index in [-0.39, 0.29) is 41.9 Å². The molecule has 0 radical (unpaired) electrons. The Morgan fingerprint density at radius 3 is 2.47 bits per heavy atom. The maximum Gasteiger partial charge on any atom is 0.247 e. The minimum Gasteiger partial charge on any atom is -0.504 e. The van der Waals surface area contributed by atoms with Gasteiger partial charge in [0.2, 0.25) is 12.2 Å². The van der Waals surface area contributed by atoms with Crippen molar-refractivity contribution in [2.24, 2.45) is 0 Å². The zero-order valence-electron chi connectivity index (χ0n) is 24.4. The van der Waals surface area contributed by atoms with Crippen LogP contribution < -0.4 is 14.8 Å². The van der Waals surface area contributed by atoms with Crippen LogP contribution in [0.1, 0.15) is 25.8 Å². The SMILES string of the molecule is CC(=Cc1ccc(O[C@H]2C[C@H](O)[C@@H](C(C)=CCOc3ccc(F)cc3Cl)O2)c(O)c1)C(=O)N[C@@H]1[C@H](O)[C@@H](O)[C@H]2OCO[C@H]2[C@@H]1O. The number of carbonyl (C=O) groups excluding carboxylic acids is 1. The molecular formula is C31H35ClFNO11. The second-order valence-corrected chi connectivity index (χ2v) is 11.6. The summed E-state index contributed by atoms with van der Waals surface area (Å²) in [4.78, 5) is 12.9. The fourth-order valence-corrected chi connectivity index (χ4v) is 5.71. The molecule has 2 aromatic carbocycles. The lowest BCUT2D eigenvalue weighted by molar-refractivity contribution is -0.155. The predicted molar refractivity (Wildman–Crippen MR) is 157 cm³/mol. The van der Waals surface area contributed by atoms with E-state index in [1.54, 1.807) is 19.1 Å². The van der Waals surface area contributed by atoms with E-state index in [1.165, 1.54) is 37.3 Å². The third kappa shape index (κ3) is 7.42. The quantitative estimate of drug-likeness (QED) is 0.172. The highest BCUT2D eigenvalue weighted by molar-refractivity contribution is 6.32. The number of rotatable bonds is 9. The smallest absolute Gasteiger partial charge is 0.247 e. The maximum absolute atomic E-state index is 13.2. The summed E-state index contributed by atoms with van der Waals surface area (Å²) in [5.41, 5.74) is 1.33. The van der Waals surface area contributed by atoms with Gasteiger partial charge in [0.25, 0.3) is 0 Å². The molecule has 3 aliphatic rings. The molecule has 1 amide bonds. The first kappa shape index (κ1) is 33.1. The first-order valence-corrected chi connectivity index (χ1v) is 14.6. The van der Waals surface area contributed by atoms with Gasteiger partial charge in [0.1, 0.15) is 61.6 Å². The molecule has 0 unspecified atom stereocenters. The average Bonchev–Trinajstić information content (AvgIpc) is 3.63. The predicted octanol–water partition coefficient (Wildman–Crippen LogP) is 1.79. The number of phenols is 1. The number of halogens is 2. The van der Waals surface area contributed by atoms with Crippen molar-refractivity contribution in [2.75, 3.05) is 13.4 Å². The summed E-state index contributed by atoms with van der Waals surface area (Å²) >= 11 is 5.98. The largest absolute Gasteiger partial charge is 0.504 e. The summed E-state index contributed by atoms with van der Waals surface area (Å²) in [6.07, 6.45) is -5.06. The van der Waals surface area contributed by atoms with E-state index >= 15 is 0 Å². The molecule has 2 saturated heterocycles. The van der Waals surface area contributed by atoms with Crippen LogP contribution >= 0.6 is 11.6 Å². The highest BCUT2D eigenvalue weighted by Crippen LogP contribution is 2.34. The Hall–Kier alpha value is -3.27. The van der Waals surface area contributed by atoms with Gasteiger partial charge in [0.15, 0.2) is 11.5 Å². The van der Waals surface area contributed by atoms with Crippen molar-refractivity contribution in [3.8, 4) is 17.2 Å². The lowest BCUT2D eigenvalue weighted by Gasteiger charge is -2.41. The van der Waals surface area contributed by atoms with Crippen molar-refractivity contribution >= 4 is 23.6 Å². The molecular weight excluding hydrogens is 617 g/mol. The molecule has 0 aromatic heterocycles. The highest BCUT2D eigenvalue weighted by atomic mass is 35.5. The van der Waals surface area contributed by atoms with Gasteiger partial charge in [0, 0.05) is 12.0 Å². The second kappa shape index (κ2) is 14.0. The Bertz CT molecular complexity index is 1450. The van der Waals surface area contributed by atoms with Crippen molar-refractivity contribution in [3.05, 3.63) is 70.0 Å². The monoisotopic (exact) mass is 651 g/mol. The van der Waals surface area contributed by atoms with Crippen LogP contribution in [0.5, 0.6) is 17.2 Å². The molecule has 244 valence electrons. The van der Waals surface area contributed by atoms with E-state index in [0.717, 1.165) is 6.07 Å². The van der Waals surface area contributed by atoms with E-state index in [9.17, 15) is 34.7 Å². The number of benzene rings is 2. The fourth-order valence-electron chi connectivity index (χ4n) is 5.49. The van der Waals surface area contributed by atoms with Gasteiger partial charge in [-0.25, -0.2) is 4.39 Å². The highest BCUT2D eigenvalue weighted by Gasteiger charge is 2.53. The number of carbonyl (C=O) groups is 1. The van der Waals surface area contributed by atoms with Crippen LogP contribution in [0.15, 0.2) is 53.6 Å². The van der Waals surface area contributed by atoms with Crippen LogP contribution in [-0.4, -0.2) is 99.9 Å². The molecule has 5 rings (SSSR count). The number of aromatic hydroxyl groups is 1. The van der Waals surface area contributed by atoms with Crippen molar-refractivity contribution < 1.29 is 58.4 Å². The summed E-state index contributed by atoms with van der Waals surface area (Å²) in [5, 5.41) is 55.2. The number of phenolic OH excluding ortho intramolecular Hbond substituents is 1. The summed E-state index contributed by atoms with van der Waals surface area (Å²) in [6.45, 7) is 3.23. The molecule has 3 fully saturated rings. The normalized spacial score (nSPS) is 31.9. The van der Waals surface area contributed by atoms with Gasteiger partial charge in [-0.15, -0.1) is 0 Å². The minimum atomic E-state index is -1.48. The van der Waals surface area contributed by atoms with Gasteiger partial charge in [-0.05, 0) is 67.5 Å². The fraction of sp³-hybridized carbons (Fsp3) is 0.452. The maximum atomic E-state index is 13.2. The molecule has 14 heteroatoms. The molecule has 0 spiro atoms. The number of ether oxygens (including phenoxy) is 5. The Balaban J connectivity index is 1.15. The van der Waals surface area contributed by atoms with E-state index in [0.29, 0.717) is 16.9 Å². The third-order valence-corrected chi connectivity index (χ3v) is 8.25. The Kier molecular flexibility index (Phi) is 10.3. The number of hydrogen-bond acceptors (Lipinski definition) is 11. The minimum absolute atomic E-state index is 0.0961. The second-order valence-electron chi connectivity index (χ2n) is 11.1. The molecule has 12 nitrogen and oxygen atoms in total. The van der Waals surface area contributed by atoms with Gasteiger partial charge < -0.3 is 54.5 Å². The molecule has 2 aromatic rings. The van der Waals surface area contributed by atoms with Crippen LogP contribution in [0, 0.1) is 5.82 Å². The number of aliphatic hydroxyl groups excluding tert-OH is 4. The van der Waals surface area contributed by atoms with Gasteiger partial charge in [-0.1, -0.05) is 17.7 Å².